The first-order chi connectivity index (χ1) is 6.86. The lowest BCUT2D eigenvalue weighted by Gasteiger charge is -2.02. The van der Waals surface area contributed by atoms with E-state index in [1.807, 2.05) is 6.08 Å². The van der Waals surface area contributed by atoms with Crippen LogP contribution in [0.4, 0.5) is 0 Å². The zero-order chi connectivity index (χ0) is 9.54. The summed E-state index contributed by atoms with van der Waals surface area (Å²) in [5.41, 5.74) is 1.28. The second-order valence-electron chi connectivity index (χ2n) is 2.82. The van der Waals surface area contributed by atoms with Gasteiger partial charge in [-0.1, -0.05) is 12.2 Å². The molecular weight excluding hydrogens is 198 g/mol. The van der Waals surface area contributed by atoms with Crippen LogP contribution in [0, 0.1) is 0 Å². The van der Waals surface area contributed by atoms with Gasteiger partial charge >= 0.3 is 0 Å². The summed E-state index contributed by atoms with van der Waals surface area (Å²) < 4.78 is 0. The van der Waals surface area contributed by atoms with Crippen molar-refractivity contribution in [3.63, 3.8) is 0 Å². The van der Waals surface area contributed by atoms with Crippen LogP contribution in [0.3, 0.4) is 0 Å². The van der Waals surface area contributed by atoms with Gasteiger partial charge in [-0.3, -0.25) is 0 Å². The van der Waals surface area contributed by atoms with Gasteiger partial charge in [0.2, 0.25) is 0 Å². The van der Waals surface area contributed by atoms with Gasteiger partial charge in [0, 0.05) is 11.4 Å². The fraction of sp³-hybridized carbons (Fsp3) is 0. The average Bonchev–Trinajstić information content (AvgIpc) is 2.67. The first-order valence-electron chi connectivity index (χ1n) is 3.92. The quantitative estimate of drug-likeness (QED) is 0.535. The van der Waals surface area contributed by atoms with Crippen molar-refractivity contribution in [1.82, 2.24) is 9.97 Å². The van der Waals surface area contributed by atoms with Crippen molar-refractivity contribution < 1.29 is 0 Å². The number of aromatic nitrogens is 2. The molecular formula is C8H3N5S. The molecule has 1 aromatic rings. The highest BCUT2D eigenvalue weighted by Gasteiger charge is 2.21. The lowest BCUT2D eigenvalue weighted by molar-refractivity contribution is 1.07. The molecule has 3 rings (SSSR count). The maximum atomic E-state index is 5.14. The minimum absolute atomic E-state index is 0.631. The molecule has 0 amide bonds. The molecule has 0 unspecified atom stereocenters. The molecule has 0 aromatic carbocycles. The fourth-order valence-electron chi connectivity index (χ4n) is 1.39. The van der Waals surface area contributed by atoms with Gasteiger partial charge < -0.3 is 0 Å². The van der Waals surface area contributed by atoms with E-state index in [1.165, 1.54) is 6.33 Å². The Kier molecular flexibility index (Phi) is 1.40. The smallest absolute Gasteiger partial charge is 0.143 e. The van der Waals surface area contributed by atoms with Crippen LogP contribution in [0.2, 0.25) is 0 Å². The second kappa shape index (κ2) is 2.58. The molecule has 0 N–H and O–H groups in total. The average molecular weight is 201 g/mol. The van der Waals surface area contributed by atoms with E-state index in [9.17, 15) is 0 Å². The van der Waals surface area contributed by atoms with Crippen LogP contribution in [0.25, 0.3) is 11.8 Å². The van der Waals surface area contributed by atoms with Crippen molar-refractivity contribution in [2.24, 2.45) is 15.4 Å². The summed E-state index contributed by atoms with van der Waals surface area (Å²) in [5, 5.41) is 12.9. The number of nitrogens with zero attached hydrogens (tertiary/aromatic N) is 5. The summed E-state index contributed by atoms with van der Waals surface area (Å²) >= 11 is 5.14. The molecule has 6 heteroatoms. The lowest BCUT2D eigenvalue weighted by atomic mass is 10.1. The van der Waals surface area contributed by atoms with Gasteiger partial charge in [0.15, 0.2) is 0 Å². The molecule has 0 bridgehead atoms. The molecule has 0 saturated carbocycles. The predicted octanol–water partition coefficient (Wildman–Crippen LogP) is -0.429. The summed E-state index contributed by atoms with van der Waals surface area (Å²) in [6, 6.07) is 0. The van der Waals surface area contributed by atoms with Crippen molar-refractivity contribution >= 4 is 34.6 Å². The van der Waals surface area contributed by atoms with E-state index in [4.69, 9.17) is 12.2 Å². The fourth-order valence-corrected chi connectivity index (χ4v) is 1.65. The third kappa shape index (κ3) is 0.882. The maximum absolute atomic E-state index is 5.14. The van der Waals surface area contributed by atoms with Gasteiger partial charge in [-0.05, 0) is 11.3 Å². The van der Waals surface area contributed by atoms with Crippen LogP contribution in [0.5, 0.6) is 0 Å². The van der Waals surface area contributed by atoms with E-state index < -0.39 is 0 Å². The van der Waals surface area contributed by atoms with Gasteiger partial charge in [-0.2, -0.15) is 0 Å². The van der Waals surface area contributed by atoms with Crippen LogP contribution in [-0.4, -0.2) is 20.5 Å². The normalized spacial score (nSPS) is 17.3. The Hall–Kier alpha value is -1.82. The van der Waals surface area contributed by atoms with Crippen LogP contribution in [0.1, 0.15) is 0 Å². The van der Waals surface area contributed by atoms with Gasteiger partial charge in [-0.25, -0.2) is 9.97 Å². The first kappa shape index (κ1) is 7.57. The van der Waals surface area contributed by atoms with E-state index in [-0.39, 0.29) is 0 Å². The van der Waals surface area contributed by atoms with Crippen molar-refractivity contribution in [2.45, 2.75) is 0 Å². The van der Waals surface area contributed by atoms with E-state index in [0.29, 0.717) is 16.3 Å². The monoisotopic (exact) mass is 201 g/mol. The maximum Gasteiger partial charge on any atom is 0.143 e. The molecule has 1 aromatic heterocycles. The molecule has 0 fully saturated rings. The van der Waals surface area contributed by atoms with Gasteiger partial charge in [-0.15, -0.1) is 10.2 Å². The first-order valence-corrected chi connectivity index (χ1v) is 4.32. The van der Waals surface area contributed by atoms with Crippen LogP contribution in [0.15, 0.2) is 28.0 Å². The molecule has 0 radical (unpaired) electrons. The summed E-state index contributed by atoms with van der Waals surface area (Å²) in [6.07, 6.45) is 4.98. The zero-order valence-electron chi connectivity index (χ0n) is 6.88. The minimum atomic E-state index is 0.631. The van der Waals surface area contributed by atoms with Crippen LogP contribution < -0.4 is 10.6 Å². The second-order valence-corrected chi connectivity index (χ2v) is 3.26. The molecule has 2 heterocycles. The summed E-state index contributed by atoms with van der Waals surface area (Å²) in [6.45, 7) is 0. The molecule has 2 aliphatic rings. The Morgan fingerprint density at radius 1 is 1.29 bits per heavy atom. The predicted molar refractivity (Wildman–Crippen MR) is 54.0 cm³/mol. The van der Waals surface area contributed by atoms with Crippen molar-refractivity contribution in [3.05, 3.63) is 23.1 Å². The van der Waals surface area contributed by atoms with E-state index in [0.717, 1.165) is 10.6 Å². The minimum Gasteiger partial charge on any atom is -0.244 e. The molecule has 5 nitrogen and oxygen atoms in total. The standard InChI is InChI=1S/C8H3N5S/c14-5-1-4-2-9-3-10-6(4)8-7(5)11-13-12-8/h1-3H. The summed E-state index contributed by atoms with van der Waals surface area (Å²) in [4.78, 5) is 8.67. The Balaban J connectivity index is 2.57. The zero-order valence-corrected chi connectivity index (χ0v) is 7.69. The Bertz CT molecular complexity index is 613. The van der Waals surface area contributed by atoms with Gasteiger partial charge in [0.05, 0.1) is 4.86 Å². The highest BCUT2D eigenvalue weighted by atomic mass is 32.1. The number of rotatable bonds is 0. The third-order valence-electron chi connectivity index (χ3n) is 2.00. The molecule has 1 aliphatic carbocycles. The number of fused-ring (bicyclic) bond motifs is 2. The largest absolute Gasteiger partial charge is 0.244 e. The van der Waals surface area contributed by atoms with E-state index in [2.05, 4.69) is 25.4 Å². The molecule has 1 aliphatic heterocycles. The van der Waals surface area contributed by atoms with Crippen molar-refractivity contribution in [2.75, 3.05) is 0 Å². The van der Waals surface area contributed by atoms with Crippen molar-refractivity contribution in [1.29, 1.82) is 0 Å². The Morgan fingerprint density at radius 2 is 2.21 bits per heavy atom. The highest BCUT2D eigenvalue weighted by Crippen LogP contribution is 2.12. The Labute approximate surface area is 83.6 Å². The number of thiocarbonyl (C=S) groups is 1. The number of hydrogen-bond donors (Lipinski definition) is 0. The molecule has 14 heavy (non-hydrogen) atoms. The third-order valence-corrected chi connectivity index (χ3v) is 2.31. The Morgan fingerprint density at radius 3 is 3.14 bits per heavy atom. The van der Waals surface area contributed by atoms with Crippen molar-refractivity contribution in [3.8, 4) is 0 Å². The van der Waals surface area contributed by atoms with Gasteiger partial charge in [0.1, 0.15) is 23.1 Å². The van der Waals surface area contributed by atoms with Crippen LogP contribution >= 0.6 is 12.2 Å². The highest BCUT2D eigenvalue weighted by molar-refractivity contribution is 7.83. The number of hydrogen-bond acceptors (Lipinski definition) is 6. The molecule has 66 valence electrons. The van der Waals surface area contributed by atoms with E-state index >= 15 is 0 Å². The molecule has 0 saturated heterocycles. The van der Waals surface area contributed by atoms with E-state index in [1.54, 1.807) is 6.20 Å². The molecule has 0 atom stereocenters. The summed E-state index contributed by atoms with van der Waals surface area (Å²) in [7, 11) is 0. The summed E-state index contributed by atoms with van der Waals surface area (Å²) in [5.74, 6) is 0. The van der Waals surface area contributed by atoms with Gasteiger partial charge in [0.25, 0.3) is 0 Å². The lowest BCUT2D eigenvalue weighted by Crippen LogP contribution is -2.38. The van der Waals surface area contributed by atoms with Crippen LogP contribution in [-0.2, 0) is 0 Å². The topological polar surface area (TPSA) is 62.9 Å². The SMILES string of the molecule is S=C1C=c2cncnc2=C2N=NN=C12. The molecule has 0 spiro atoms.